The largest absolute Gasteiger partial charge is 0.424 e. The van der Waals surface area contributed by atoms with Crippen molar-refractivity contribution in [3.8, 4) is 22.9 Å². The molecule has 0 radical (unpaired) electrons. The minimum Gasteiger partial charge on any atom is -0.424 e. The minimum atomic E-state index is 0.0415. The fraction of sp³-hybridized carbons (Fsp3) is 0.321. The summed E-state index contributed by atoms with van der Waals surface area (Å²) in [6, 6.07) is 13.3. The monoisotopic (exact) mass is 467 g/mol. The summed E-state index contributed by atoms with van der Waals surface area (Å²) < 4.78 is 10.7. The molecule has 1 saturated carbocycles. The first-order valence-corrected chi connectivity index (χ1v) is 12.3. The molecule has 3 heterocycles. The summed E-state index contributed by atoms with van der Waals surface area (Å²) in [5, 5.41) is 4.62. The Kier molecular flexibility index (Phi) is 5.20. The zero-order valence-electron chi connectivity index (χ0n) is 20.3. The lowest BCUT2D eigenvalue weighted by atomic mass is 9.92. The number of hydrogen-bond acceptors (Lipinski definition) is 4. The molecule has 1 aliphatic heterocycles. The fourth-order valence-electron chi connectivity index (χ4n) is 5.12. The molecule has 1 atom stereocenters. The van der Waals surface area contributed by atoms with Crippen LogP contribution in [0.3, 0.4) is 0 Å². The van der Waals surface area contributed by atoms with Crippen LogP contribution in [0.25, 0.3) is 28.4 Å². The van der Waals surface area contributed by atoms with E-state index in [1.54, 1.807) is 6.92 Å². The molecular formula is C28H29N5O2. The number of imidazole rings is 1. The zero-order chi connectivity index (χ0) is 24.1. The van der Waals surface area contributed by atoms with Crippen LogP contribution >= 0.6 is 0 Å². The summed E-state index contributed by atoms with van der Waals surface area (Å²) in [6.45, 7) is 5.71. The summed E-state index contributed by atoms with van der Waals surface area (Å²) in [4.78, 5) is 19.3. The lowest BCUT2D eigenvalue weighted by Gasteiger charge is -2.35. The van der Waals surface area contributed by atoms with Gasteiger partial charge in [0.25, 0.3) is 0 Å². The molecule has 4 aromatic rings. The van der Waals surface area contributed by atoms with Crippen LogP contribution < -0.4 is 9.64 Å². The van der Waals surface area contributed by atoms with Gasteiger partial charge in [0.05, 0.1) is 29.0 Å². The van der Waals surface area contributed by atoms with Crippen LogP contribution in [-0.2, 0) is 11.2 Å². The van der Waals surface area contributed by atoms with E-state index in [-0.39, 0.29) is 11.9 Å². The topological polar surface area (TPSA) is 65.2 Å². The molecule has 178 valence electrons. The molecule has 35 heavy (non-hydrogen) atoms. The maximum absolute atomic E-state index is 12.6. The van der Waals surface area contributed by atoms with Gasteiger partial charge in [0, 0.05) is 42.1 Å². The zero-order valence-corrected chi connectivity index (χ0v) is 20.3. The summed E-state index contributed by atoms with van der Waals surface area (Å²) >= 11 is 0. The van der Waals surface area contributed by atoms with E-state index in [2.05, 4.69) is 35.0 Å². The lowest BCUT2D eigenvalue weighted by Crippen LogP contribution is -2.40. The molecule has 1 fully saturated rings. The molecule has 7 heteroatoms. The molecule has 1 amide bonds. The molecule has 2 aliphatic rings. The molecule has 2 aromatic heterocycles. The van der Waals surface area contributed by atoms with E-state index < -0.39 is 0 Å². The Labute approximate surface area is 204 Å². The number of carbonyl (C=O) groups is 1. The molecule has 0 unspecified atom stereocenters. The van der Waals surface area contributed by atoms with Crippen molar-refractivity contribution < 1.29 is 9.53 Å². The SMILES string of the molecule is CC=Cn1c(Oc2c(-c3cnn(C4CC4)c3)ccc3c2CC[C@H](C)N3C(C)=O)nc2ccccc21. The molecular weight excluding hydrogens is 438 g/mol. The number of allylic oxidation sites excluding steroid dienone is 1. The third kappa shape index (κ3) is 3.71. The number of nitrogens with zero attached hydrogens (tertiary/aromatic N) is 5. The van der Waals surface area contributed by atoms with Gasteiger partial charge in [-0.1, -0.05) is 18.2 Å². The summed E-state index contributed by atoms with van der Waals surface area (Å²) in [5.74, 6) is 0.789. The maximum Gasteiger partial charge on any atom is 0.307 e. The van der Waals surface area contributed by atoms with E-state index in [1.807, 2.05) is 59.1 Å². The number of anilines is 1. The molecule has 0 saturated heterocycles. The van der Waals surface area contributed by atoms with Crippen LogP contribution in [0.2, 0.25) is 0 Å². The summed E-state index contributed by atoms with van der Waals surface area (Å²) in [6.07, 6.45) is 12.0. The van der Waals surface area contributed by atoms with Gasteiger partial charge in [-0.05, 0) is 63.8 Å². The first-order chi connectivity index (χ1) is 17.0. The predicted molar refractivity (Wildman–Crippen MR) is 138 cm³/mol. The van der Waals surface area contributed by atoms with Crippen molar-refractivity contribution in [1.82, 2.24) is 19.3 Å². The first-order valence-electron chi connectivity index (χ1n) is 12.3. The van der Waals surface area contributed by atoms with Gasteiger partial charge in [-0.25, -0.2) is 0 Å². The Morgan fingerprint density at radius 1 is 1.14 bits per heavy atom. The van der Waals surface area contributed by atoms with E-state index >= 15 is 0 Å². The highest BCUT2D eigenvalue weighted by molar-refractivity contribution is 5.95. The van der Waals surface area contributed by atoms with Crippen molar-refractivity contribution in [2.24, 2.45) is 0 Å². The maximum atomic E-state index is 12.6. The molecule has 2 aromatic carbocycles. The number of rotatable bonds is 5. The van der Waals surface area contributed by atoms with Gasteiger partial charge >= 0.3 is 6.01 Å². The van der Waals surface area contributed by atoms with Crippen LogP contribution in [0.5, 0.6) is 11.8 Å². The van der Waals surface area contributed by atoms with Crippen molar-refractivity contribution in [3.63, 3.8) is 0 Å². The Hall–Kier alpha value is -3.87. The van der Waals surface area contributed by atoms with Crippen LogP contribution in [0.4, 0.5) is 5.69 Å². The number of benzene rings is 2. The van der Waals surface area contributed by atoms with Gasteiger partial charge in [-0.2, -0.15) is 10.1 Å². The number of hydrogen-bond donors (Lipinski definition) is 0. The summed E-state index contributed by atoms with van der Waals surface area (Å²) in [5.41, 5.74) is 5.77. The lowest BCUT2D eigenvalue weighted by molar-refractivity contribution is -0.117. The highest BCUT2D eigenvalue weighted by Gasteiger charge is 2.31. The number of amides is 1. The van der Waals surface area contributed by atoms with Crippen LogP contribution in [0.15, 0.2) is 54.9 Å². The molecule has 6 rings (SSSR count). The number of para-hydroxylation sites is 2. The van der Waals surface area contributed by atoms with Crippen molar-refractivity contribution in [3.05, 3.63) is 60.4 Å². The number of ether oxygens (including phenoxy) is 1. The minimum absolute atomic E-state index is 0.0415. The molecule has 0 N–H and O–H groups in total. The first kappa shape index (κ1) is 21.6. The van der Waals surface area contributed by atoms with Gasteiger partial charge < -0.3 is 9.64 Å². The highest BCUT2D eigenvalue weighted by Crippen LogP contribution is 2.45. The van der Waals surface area contributed by atoms with Crippen LogP contribution in [0.1, 0.15) is 51.6 Å². The smallest absolute Gasteiger partial charge is 0.307 e. The number of aromatic nitrogens is 4. The molecule has 0 bridgehead atoms. The standard InChI is InChI=1S/C28H29N5O2/c1-4-15-31-26-8-6-5-7-24(26)30-28(31)35-27-22(20-16-29-32(17-20)21-10-11-21)13-14-25-23(27)12-9-18(2)33(25)19(3)34/h4-8,13-18,21H,9-12H2,1-3H3/t18-/m0/s1. The average Bonchev–Trinajstić information content (AvgIpc) is 3.48. The molecule has 0 spiro atoms. The predicted octanol–water partition coefficient (Wildman–Crippen LogP) is 6.21. The van der Waals surface area contributed by atoms with E-state index in [4.69, 9.17) is 9.72 Å². The second-order valence-corrected chi connectivity index (χ2v) is 9.49. The van der Waals surface area contributed by atoms with Crippen molar-refractivity contribution in [1.29, 1.82) is 0 Å². The van der Waals surface area contributed by atoms with Crippen molar-refractivity contribution in [2.45, 2.75) is 58.5 Å². The summed E-state index contributed by atoms with van der Waals surface area (Å²) in [7, 11) is 0. The van der Waals surface area contributed by atoms with Crippen molar-refractivity contribution >= 4 is 28.8 Å². The van der Waals surface area contributed by atoms with Gasteiger partial charge in [0.1, 0.15) is 5.75 Å². The third-order valence-electron chi connectivity index (χ3n) is 6.98. The average molecular weight is 468 g/mol. The third-order valence-corrected chi connectivity index (χ3v) is 6.98. The second kappa shape index (κ2) is 8.41. The van der Waals surface area contributed by atoms with Gasteiger partial charge in [-0.3, -0.25) is 14.0 Å². The molecule has 1 aliphatic carbocycles. The normalized spacial score (nSPS) is 17.8. The van der Waals surface area contributed by atoms with Crippen molar-refractivity contribution in [2.75, 3.05) is 4.90 Å². The Balaban J connectivity index is 1.54. The van der Waals surface area contributed by atoms with Gasteiger partial charge in [0.2, 0.25) is 5.91 Å². The Morgan fingerprint density at radius 2 is 1.97 bits per heavy atom. The van der Waals surface area contributed by atoms with E-state index in [0.717, 1.165) is 52.0 Å². The fourth-order valence-corrected chi connectivity index (χ4v) is 5.12. The van der Waals surface area contributed by atoms with Crippen LogP contribution in [0, 0.1) is 0 Å². The van der Waals surface area contributed by atoms with Gasteiger partial charge in [0.15, 0.2) is 0 Å². The Morgan fingerprint density at radius 3 is 2.74 bits per heavy atom. The molecule has 7 nitrogen and oxygen atoms in total. The van der Waals surface area contributed by atoms with Gasteiger partial charge in [-0.15, -0.1) is 0 Å². The van der Waals surface area contributed by atoms with E-state index in [0.29, 0.717) is 12.1 Å². The van der Waals surface area contributed by atoms with E-state index in [1.165, 1.54) is 12.8 Å². The number of carbonyl (C=O) groups excluding carboxylic acids is 1. The Bertz CT molecular complexity index is 1460. The number of fused-ring (bicyclic) bond motifs is 2. The quantitative estimate of drug-likeness (QED) is 0.350. The second-order valence-electron chi connectivity index (χ2n) is 9.49. The van der Waals surface area contributed by atoms with Crippen LogP contribution in [-0.4, -0.2) is 31.3 Å². The van der Waals surface area contributed by atoms with E-state index in [9.17, 15) is 4.79 Å². The highest BCUT2D eigenvalue weighted by atomic mass is 16.5.